The zero-order valence-corrected chi connectivity index (χ0v) is 16.6. The third-order valence-electron chi connectivity index (χ3n) is 4.31. The Morgan fingerprint density at radius 1 is 1.28 bits per heavy atom. The molecule has 0 saturated carbocycles. The van der Waals surface area contributed by atoms with Crippen LogP contribution < -0.4 is 0 Å². The predicted octanol–water partition coefficient (Wildman–Crippen LogP) is 4.56. The summed E-state index contributed by atoms with van der Waals surface area (Å²) in [7, 11) is 0. The van der Waals surface area contributed by atoms with Gasteiger partial charge in [-0.15, -0.1) is 4.48 Å². The van der Waals surface area contributed by atoms with Gasteiger partial charge < -0.3 is 14.6 Å². The minimum atomic E-state index is -1.20. The van der Waals surface area contributed by atoms with Crippen LogP contribution in [0.25, 0.3) is 0 Å². The quantitative estimate of drug-likeness (QED) is 0.733. The fourth-order valence-corrected chi connectivity index (χ4v) is 3.26. The Morgan fingerprint density at radius 2 is 1.88 bits per heavy atom. The molecule has 1 aromatic carbocycles. The molecule has 138 valence electrons. The molecule has 0 spiro atoms. The standard InChI is InChI=1S/C18H24BrNO5/c1-12-9-15(24-11-13-5-7-14(19)8-6-13)10-20(12,16(21)22)17(23)25-18(2,3)4/h5-8,12,15H,9-11H2,1-4H3/p+1/t12-,15+,20+/m1/s1. The first-order chi connectivity index (χ1) is 11.5. The van der Waals surface area contributed by atoms with Gasteiger partial charge in [0.2, 0.25) is 0 Å². The van der Waals surface area contributed by atoms with Crippen molar-refractivity contribution in [3.05, 3.63) is 34.3 Å². The van der Waals surface area contributed by atoms with E-state index >= 15 is 0 Å². The highest BCUT2D eigenvalue weighted by molar-refractivity contribution is 9.10. The summed E-state index contributed by atoms with van der Waals surface area (Å²) in [5, 5.41) is 9.75. The molecule has 1 aliphatic rings. The van der Waals surface area contributed by atoms with E-state index < -0.39 is 28.3 Å². The van der Waals surface area contributed by atoms with Crippen molar-refractivity contribution in [2.75, 3.05) is 6.54 Å². The van der Waals surface area contributed by atoms with Crippen molar-refractivity contribution < 1.29 is 28.7 Å². The van der Waals surface area contributed by atoms with Gasteiger partial charge in [0.05, 0.1) is 6.61 Å². The average Bonchev–Trinajstić information content (AvgIpc) is 2.83. The molecule has 6 nitrogen and oxygen atoms in total. The number of amides is 2. The lowest BCUT2D eigenvalue weighted by molar-refractivity contribution is -0.798. The highest BCUT2D eigenvalue weighted by atomic mass is 79.9. The molecule has 1 heterocycles. The molecule has 2 amide bonds. The molecule has 0 aliphatic carbocycles. The van der Waals surface area contributed by atoms with Gasteiger partial charge >= 0.3 is 12.2 Å². The molecule has 0 radical (unpaired) electrons. The third-order valence-corrected chi connectivity index (χ3v) is 4.84. The van der Waals surface area contributed by atoms with Gasteiger partial charge in [-0.05, 0) is 45.4 Å². The molecule has 1 saturated heterocycles. The maximum atomic E-state index is 12.6. The summed E-state index contributed by atoms with van der Waals surface area (Å²) in [5.41, 5.74) is 0.252. The van der Waals surface area contributed by atoms with E-state index in [1.165, 1.54) is 0 Å². The molecule has 1 aromatic rings. The van der Waals surface area contributed by atoms with E-state index in [9.17, 15) is 14.7 Å². The number of likely N-dealkylation sites (tertiary alicyclic amines) is 1. The van der Waals surface area contributed by atoms with Crippen molar-refractivity contribution in [1.82, 2.24) is 0 Å². The lowest BCUT2D eigenvalue weighted by Gasteiger charge is -2.31. The van der Waals surface area contributed by atoms with Crippen molar-refractivity contribution in [2.24, 2.45) is 0 Å². The molecule has 0 bridgehead atoms. The highest BCUT2D eigenvalue weighted by Gasteiger charge is 2.59. The van der Waals surface area contributed by atoms with E-state index in [0.717, 1.165) is 10.0 Å². The summed E-state index contributed by atoms with van der Waals surface area (Å²) in [5.74, 6) is 0. The molecular weight excluding hydrogens is 390 g/mol. The largest absolute Gasteiger partial charge is 0.527 e. The first-order valence-corrected chi connectivity index (χ1v) is 9.05. The van der Waals surface area contributed by atoms with Gasteiger partial charge in [0.15, 0.2) is 0 Å². The summed E-state index contributed by atoms with van der Waals surface area (Å²) in [4.78, 5) is 24.5. The van der Waals surface area contributed by atoms with Crippen LogP contribution in [0, 0.1) is 0 Å². The van der Waals surface area contributed by atoms with E-state index in [1.54, 1.807) is 27.7 Å². The van der Waals surface area contributed by atoms with E-state index in [-0.39, 0.29) is 12.6 Å². The molecule has 0 aromatic heterocycles. The van der Waals surface area contributed by atoms with Crippen molar-refractivity contribution in [3.8, 4) is 0 Å². The Hall–Kier alpha value is -1.44. The van der Waals surface area contributed by atoms with Gasteiger partial charge in [-0.1, -0.05) is 28.1 Å². The first-order valence-electron chi connectivity index (χ1n) is 8.25. The minimum Gasteiger partial charge on any atom is -0.435 e. The van der Waals surface area contributed by atoms with Crippen LogP contribution in [-0.2, 0) is 16.1 Å². The van der Waals surface area contributed by atoms with Crippen LogP contribution in [0.5, 0.6) is 0 Å². The highest BCUT2D eigenvalue weighted by Crippen LogP contribution is 2.32. The number of hydrogen-bond acceptors (Lipinski definition) is 4. The van der Waals surface area contributed by atoms with Crippen LogP contribution in [0.4, 0.5) is 9.59 Å². The van der Waals surface area contributed by atoms with Crippen LogP contribution in [0.1, 0.15) is 39.7 Å². The topological polar surface area (TPSA) is 72.8 Å². The molecule has 3 atom stereocenters. The van der Waals surface area contributed by atoms with Gasteiger partial charge in [-0.25, -0.2) is 0 Å². The lowest BCUT2D eigenvalue weighted by Crippen LogP contribution is -2.60. The number of rotatable bonds is 3. The predicted molar refractivity (Wildman–Crippen MR) is 96.2 cm³/mol. The summed E-state index contributed by atoms with van der Waals surface area (Å²) in [6.45, 7) is 7.38. The van der Waals surface area contributed by atoms with Crippen molar-refractivity contribution in [2.45, 2.75) is 58.5 Å². The molecule has 2 rings (SSSR count). The van der Waals surface area contributed by atoms with Crippen LogP contribution in [0.2, 0.25) is 0 Å². The average molecular weight is 415 g/mol. The Balaban J connectivity index is 2.09. The van der Waals surface area contributed by atoms with E-state index in [4.69, 9.17) is 9.47 Å². The molecule has 25 heavy (non-hydrogen) atoms. The monoisotopic (exact) mass is 414 g/mol. The number of carboxylic acid groups (broad SMARTS) is 1. The second-order valence-corrected chi connectivity index (χ2v) is 8.37. The summed E-state index contributed by atoms with van der Waals surface area (Å²) >= 11 is 3.38. The number of imide groups is 1. The Morgan fingerprint density at radius 3 is 2.40 bits per heavy atom. The number of nitrogens with zero attached hydrogens (tertiary/aromatic N) is 1. The number of hydrogen-bond donors (Lipinski definition) is 1. The van der Waals surface area contributed by atoms with Gasteiger partial charge in [-0.2, -0.15) is 9.59 Å². The smallest absolute Gasteiger partial charge is 0.435 e. The fourth-order valence-electron chi connectivity index (χ4n) is 2.99. The molecule has 1 aliphatic heterocycles. The van der Waals surface area contributed by atoms with Crippen LogP contribution in [-0.4, -0.2) is 46.1 Å². The molecule has 7 heteroatoms. The zero-order valence-electron chi connectivity index (χ0n) is 15.0. The van der Waals surface area contributed by atoms with Gasteiger partial charge in [0.25, 0.3) is 0 Å². The number of ether oxygens (including phenoxy) is 2. The SMILES string of the molecule is C[C@@H]1C[C@H](OCc2ccc(Br)cc2)C[N@+]1(C(=O)O)C(=O)OC(C)(C)C. The third kappa shape index (κ3) is 4.59. The van der Waals surface area contributed by atoms with Gasteiger partial charge in [0.1, 0.15) is 24.3 Å². The molecule has 1 N–H and O–H groups in total. The van der Waals surface area contributed by atoms with Gasteiger partial charge in [0, 0.05) is 10.9 Å². The van der Waals surface area contributed by atoms with Crippen LogP contribution in [0.15, 0.2) is 28.7 Å². The number of carbonyl (C=O) groups excluding carboxylic acids is 1. The van der Waals surface area contributed by atoms with Gasteiger partial charge in [-0.3, -0.25) is 0 Å². The minimum absolute atomic E-state index is 0.0714. The Kier molecular flexibility index (Phi) is 5.91. The van der Waals surface area contributed by atoms with Crippen molar-refractivity contribution in [3.63, 3.8) is 0 Å². The van der Waals surface area contributed by atoms with E-state index in [0.29, 0.717) is 13.0 Å². The van der Waals surface area contributed by atoms with E-state index in [2.05, 4.69) is 15.9 Å². The summed E-state index contributed by atoms with van der Waals surface area (Å²) in [6, 6.07) is 7.32. The molecule has 1 fully saturated rings. The fraction of sp³-hybridized carbons (Fsp3) is 0.556. The second kappa shape index (κ2) is 7.43. The van der Waals surface area contributed by atoms with E-state index in [1.807, 2.05) is 24.3 Å². The summed E-state index contributed by atoms with van der Waals surface area (Å²) in [6.07, 6.45) is -1.76. The maximum Gasteiger partial charge on any atom is 0.527 e. The normalized spacial score (nSPS) is 26.4. The van der Waals surface area contributed by atoms with Crippen molar-refractivity contribution >= 4 is 28.1 Å². The molecular formula is C18H25BrNO5+. The Bertz CT molecular complexity index is 640. The number of benzene rings is 1. The summed E-state index contributed by atoms with van der Waals surface area (Å²) < 4.78 is 11.5. The lowest BCUT2D eigenvalue weighted by atomic mass is 10.2. The zero-order chi connectivity index (χ0) is 18.8. The maximum absolute atomic E-state index is 12.6. The Labute approximate surface area is 156 Å². The first kappa shape index (κ1) is 19.9. The molecule has 0 unspecified atom stereocenters. The number of carbonyl (C=O) groups is 2. The van der Waals surface area contributed by atoms with Crippen LogP contribution in [0.3, 0.4) is 0 Å². The second-order valence-electron chi connectivity index (χ2n) is 7.46. The van der Waals surface area contributed by atoms with Crippen LogP contribution >= 0.6 is 15.9 Å². The number of quaternary nitrogens is 1. The van der Waals surface area contributed by atoms with Crippen molar-refractivity contribution in [1.29, 1.82) is 0 Å². The number of halogens is 1.